The van der Waals surface area contributed by atoms with Crippen LogP contribution >= 0.6 is 0 Å². The second-order valence-corrected chi connectivity index (χ2v) is 5.97. The van der Waals surface area contributed by atoms with Crippen LogP contribution in [-0.4, -0.2) is 34.4 Å². The van der Waals surface area contributed by atoms with Gasteiger partial charge >= 0.3 is 5.69 Å². The average molecular weight is 279 g/mol. The number of aromatic nitrogens is 2. The molecule has 110 valence electrons. The number of hydrogen-bond donors (Lipinski definition) is 0. The summed E-state index contributed by atoms with van der Waals surface area (Å²) in [5.74, 6) is 1.34. The van der Waals surface area contributed by atoms with Gasteiger partial charge in [-0.15, -0.1) is 0 Å². The van der Waals surface area contributed by atoms with E-state index in [1.807, 2.05) is 6.92 Å². The van der Waals surface area contributed by atoms with E-state index >= 15 is 0 Å². The molecule has 2 fully saturated rings. The van der Waals surface area contributed by atoms with Gasteiger partial charge < -0.3 is 9.64 Å². The number of nitrogens with zero attached hydrogens (tertiary/aromatic N) is 3. The Morgan fingerprint density at radius 1 is 1.15 bits per heavy atom. The summed E-state index contributed by atoms with van der Waals surface area (Å²) in [6.45, 7) is 3.51. The van der Waals surface area contributed by atoms with E-state index in [1.54, 1.807) is 17.7 Å². The molecule has 0 unspecified atom stereocenters. The Kier molecular flexibility index (Phi) is 3.20. The summed E-state index contributed by atoms with van der Waals surface area (Å²) in [4.78, 5) is 26.0. The molecule has 1 aromatic rings. The highest BCUT2D eigenvalue weighted by atomic mass is 16.5. The molecule has 1 saturated heterocycles. The lowest BCUT2D eigenvalue weighted by molar-refractivity contribution is -0.0275. The molecule has 1 aliphatic heterocycles. The monoisotopic (exact) mass is 279 g/mol. The first-order chi connectivity index (χ1) is 9.47. The van der Waals surface area contributed by atoms with Crippen molar-refractivity contribution >= 4 is 5.82 Å². The minimum absolute atomic E-state index is 0.119. The Labute approximate surface area is 117 Å². The Hall–Kier alpha value is -1.56. The third kappa shape index (κ3) is 2.28. The van der Waals surface area contributed by atoms with E-state index in [-0.39, 0.29) is 23.5 Å². The Morgan fingerprint density at radius 3 is 2.50 bits per heavy atom. The summed E-state index contributed by atoms with van der Waals surface area (Å²) < 4.78 is 8.65. The maximum atomic E-state index is 12.0. The molecule has 0 aromatic carbocycles. The molecule has 0 N–H and O–H groups in total. The van der Waals surface area contributed by atoms with E-state index in [0.717, 1.165) is 11.1 Å². The molecule has 6 heteroatoms. The average Bonchev–Trinajstić information content (AvgIpc) is 3.24. The number of rotatable bonds is 2. The summed E-state index contributed by atoms with van der Waals surface area (Å²) in [7, 11) is 3.22. The van der Waals surface area contributed by atoms with E-state index in [0.29, 0.717) is 18.3 Å². The van der Waals surface area contributed by atoms with Gasteiger partial charge in [-0.3, -0.25) is 13.9 Å². The van der Waals surface area contributed by atoms with Crippen LogP contribution in [0, 0.1) is 5.92 Å². The summed E-state index contributed by atoms with van der Waals surface area (Å²) in [5, 5.41) is 0. The van der Waals surface area contributed by atoms with Crippen molar-refractivity contribution in [2.24, 2.45) is 20.0 Å². The van der Waals surface area contributed by atoms with Crippen LogP contribution in [-0.2, 0) is 18.8 Å². The van der Waals surface area contributed by atoms with Crippen LogP contribution in [0.15, 0.2) is 15.7 Å². The maximum absolute atomic E-state index is 12.0. The Bertz CT molecular complexity index is 630. The second-order valence-electron chi connectivity index (χ2n) is 5.97. The van der Waals surface area contributed by atoms with Crippen molar-refractivity contribution in [2.75, 3.05) is 18.0 Å². The molecule has 1 aliphatic carbocycles. The van der Waals surface area contributed by atoms with Crippen LogP contribution < -0.4 is 16.1 Å². The number of morpholine rings is 1. The molecule has 0 radical (unpaired) electrons. The van der Waals surface area contributed by atoms with Crippen molar-refractivity contribution in [1.82, 2.24) is 9.13 Å². The van der Waals surface area contributed by atoms with Crippen LogP contribution in [0.3, 0.4) is 0 Å². The Morgan fingerprint density at radius 2 is 1.85 bits per heavy atom. The molecule has 2 heterocycles. The molecule has 0 amide bonds. The molecule has 0 bridgehead atoms. The van der Waals surface area contributed by atoms with E-state index < -0.39 is 0 Å². The van der Waals surface area contributed by atoms with Gasteiger partial charge in [0.15, 0.2) is 0 Å². The molecule has 1 saturated carbocycles. The summed E-state index contributed by atoms with van der Waals surface area (Å²) in [6.07, 6.45) is 2.79. The molecule has 2 atom stereocenters. The molecular weight excluding hydrogens is 258 g/mol. The van der Waals surface area contributed by atoms with Crippen LogP contribution in [0.5, 0.6) is 0 Å². The van der Waals surface area contributed by atoms with E-state index in [2.05, 4.69) is 4.90 Å². The van der Waals surface area contributed by atoms with Gasteiger partial charge in [-0.1, -0.05) is 0 Å². The van der Waals surface area contributed by atoms with Crippen molar-refractivity contribution in [3.05, 3.63) is 26.9 Å². The SMILES string of the molecule is C[C@@H]1CN(c2cc(=O)n(C)c(=O)n2C)C[C@@H](C2CC2)O1. The molecule has 2 aliphatic rings. The van der Waals surface area contributed by atoms with Gasteiger partial charge in [0.25, 0.3) is 5.56 Å². The van der Waals surface area contributed by atoms with Gasteiger partial charge in [0, 0.05) is 33.3 Å². The summed E-state index contributed by atoms with van der Waals surface area (Å²) in [5.41, 5.74) is -0.542. The largest absolute Gasteiger partial charge is 0.371 e. The van der Waals surface area contributed by atoms with Gasteiger partial charge in [-0.2, -0.15) is 0 Å². The van der Waals surface area contributed by atoms with E-state index in [1.165, 1.54) is 19.9 Å². The van der Waals surface area contributed by atoms with Crippen molar-refractivity contribution in [2.45, 2.75) is 32.0 Å². The normalized spacial score (nSPS) is 26.9. The minimum Gasteiger partial charge on any atom is -0.371 e. The first-order valence-corrected chi connectivity index (χ1v) is 7.15. The highest BCUT2D eigenvalue weighted by molar-refractivity contribution is 5.39. The van der Waals surface area contributed by atoms with Crippen LogP contribution in [0.4, 0.5) is 5.82 Å². The van der Waals surface area contributed by atoms with Crippen molar-refractivity contribution < 1.29 is 4.74 Å². The van der Waals surface area contributed by atoms with Gasteiger partial charge in [0.2, 0.25) is 0 Å². The molecule has 1 aromatic heterocycles. The molecule has 0 spiro atoms. The lowest BCUT2D eigenvalue weighted by atomic mass is 10.1. The predicted molar refractivity (Wildman–Crippen MR) is 76.2 cm³/mol. The fourth-order valence-electron chi connectivity index (χ4n) is 2.93. The third-order valence-electron chi connectivity index (χ3n) is 4.26. The third-order valence-corrected chi connectivity index (χ3v) is 4.26. The fourth-order valence-corrected chi connectivity index (χ4v) is 2.93. The maximum Gasteiger partial charge on any atom is 0.332 e. The molecule has 6 nitrogen and oxygen atoms in total. The molecular formula is C14H21N3O3. The van der Waals surface area contributed by atoms with Gasteiger partial charge in [0.05, 0.1) is 12.2 Å². The van der Waals surface area contributed by atoms with Crippen LogP contribution in [0.1, 0.15) is 19.8 Å². The number of ether oxygens (including phenoxy) is 1. The molecule has 3 rings (SSSR count). The second kappa shape index (κ2) is 4.77. The first kappa shape index (κ1) is 13.4. The number of hydrogen-bond acceptors (Lipinski definition) is 4. The van der Waals surface area contributed by atoms with Crippen molar-refractivity contribution in [3.8, 4) is 0 Å². The van der Waals surface area contributed by atoms with Gasteiger partial charge in [-0.05, 0) is 25.7 Å². The summed E-state index contributed by atoms with van der Waals surface area (Å²) in [6, 6.07) is 1.55. The Balaban J connectivity index is 1.95. The zero-order valence-corrected chi connectivity index (χ0v) is 12.2. The van der Waals surface area contributed by atoms with Crippen molar-refractivity contribution in [1.29, 1.82) is 0 Å². The molecule has 20 heavy (non-hydrogen) atoms. The predicted octanol–water partition coefficient (Wildman–Crippen LogP) is 0.0877. The first-order valence-electron chi connectivity index (χ1n) is 7.15. The topological polar surface area (TPSA) is 56.5 Å². The quantitative estimate of drug-likeness (QED) is 0.770. The van der Waals surface area contributed by atoms with E-state index in [4.69, 9.17) is 4.74 Å². The van der Waals surface area contributed by atoms with Crippen molar-refractivity contribution in [3.63, 3.8) is 0 Å². The van der Waals surface area contributed by atoms with E-state index in [9.17, 15) is 9.59 Å². The summed E-state index contributed by atoms with van der Waals surface area (Å²) >= 11 is 0. The van der Waals surface area contributed by atoms with Crippen LogP contribution in [0.2, 0.25) is 0 Å². The smallest absolute Gasteiger partial charge is 0.332 e. The lowest BCUT2D eigenvalue weighted by Gasteiger charge is -2.38. The standard InChI is InChI=1S/C14H21N3O3/c1-9-7-17(8-11(20-9)10-4-5-10)12-6-13(18)16(3)14(19)15(12)2/h6,9-11H,4-5,7-8H2,1-3H3/t9-,11+/m1/s1. The van der Waals surface area contributed by atoms with Crippen LogP contribution in [0.25, 0.3) is 0 Å². The lowest BCUT2D eigenvalue weighted by Crippen LogP contribution is -2.50. The number of anilines is 1. The zero-order valence-electron chi connectivity index (χ0n) is 12.2. The highest BCUT2D eigenvalue weighted by Gasteiger charge is 2.37. The van der Waals surface area contributed by atoms with Gasteiger partial charge in [0.1, 0.15) is 5.82 Å². The highest BCUT2D eigenvalue weighted by Crippen LogP contribution is 2.37. The zero-order chi connectivity index (χ0) is 14.4. The van der Waals surface area contributed by atoms with Gasteiger partial charge in [-0.25, -0.2) is 4.79 Å². The fraction of sp³-hybridized carbons (Fsp3) is 0.714. The minimum atomic E-state index is -0.283.